The van der Waals surface area contributed by atoms with Crippen LogP contribution in [0.3, 0.4) is 0 Å². The van der Waals surface area contributed by atoms with Gasteiger partial charge in [-0.05, 0) is 61.4 Å². The summed E-state index contributed by atoms with van der Waals surface area (Å²) in [5, 5.41) is 0.715. The van der Waals surface area contributed by atoms with Gasteiger partial charge in [-0.2, -0.15) is 0 Å². The van der Waals surface area contributed by atoms with Gasteiger partial charge < -0.3 is 14.4 Å². The number of likely N-dealkylation sites (tertiary alicyclic amines) is 1. The number of carbonyl (C=O) groups is 1. The molecule has 0 bridgehead atoms. The van der Waals surface area contributed by atoms with Crippen LogP contribution in [0.25, 0.3) is 0 Å². The molecule has 0 N–H and O–H groups in total. The van der Waals surface area contributed by atoms with Crippen molar-refractivity contribution in [1.29, 1.82) is 0 Å². The predicted molar refractivity (Wildman–Crippen MR) is 116 cm³/mol. The summed E-state index contributed by atoms with van der Waals surface area (Å²) in [6.45, 7) is 2.07. The zero-order valence-electron chi connectivity index (χ0n) is 17.4. The van der Waals surface area contributed by atoms with E-state index >= 15 is 0 Å². The molecular weight excluding hydrogens is 412 g/mol. The summed E-state index contributed by atoms with van der Waals surface area (Å²) < 4.78 is 11.1. The summed E-state index contributed by atoms with van der Waals surface area (Å²) in [6, 6.07) is 13.0. The highest BCUT2D eigenvalue weighted by molar-refractivity contribution is 6.31. The van der Waals surface area contributed by atoms with E-state index in [0.29, 0.717) is 28.6 Å². The number of nitrogens with zero attached hydrogens (tertiary/aromatic N) is 2. The fourth-order valence-corrected chi connectivity index (χ4v) is 7.36. The van der Waals surface area contributed by atoms with Crippen molar-refractivity contribution >= 4 is 17.5 Å². The normalized spacial score (nSPS) is 31.4. The molecule has 3 fully saturated rings. The van der Waals surface area contributed by atoms with Crippen molar-refractivity contribution < 1.29 is 14.3 Å². The molecule has 0 unspecified atom stereocenters. The van der Waals surface area contributed by atoms with Gasteiger partial charge in [-0.3, -0.25) is 9.69 Å². The zero-order valence-corrected chi connectivity index (χ0v) is 18.1. The van der Waals surface area contributed by atoms with Gasteiger partial charge in [-0.25, -0.2) is 0 Å². The SMILES string of the molecule is O=C1N(C2Cc3ccccc3C2)C[C@@H]2C[C@@H](c3cc4c(cc3Cl)OCO4)N3CCC[C@@]123. The molecule has 0 radical (unpaired) electrons. The molecule has 4 aliphatic heterocycles. The molecule has 5 nitrogen and oxygen atoms in total. The molecule has 7 rings (SSSR count). The van der Waals surface area contributed by atoms with Gasteiger partial charge in [0.2, 0.25) is 12.7 Å². The highest BCUT2D eigenvalue weighted by Gasteiger charge is 2.66. The zero-order chi connectivity index (χ0) is 20.7. The molecule has 0 saturated carbocycles. The maximum Gasteiger partial charge on any atom is 0.243 e. The molecule has 31 heavy (non-hydrogen) atoms. The van der Waals surface area contributed by atoms with Crippen LogP contribution in [0, 0.1) is 5.92 Å². The number of rotatable bonds is 2. The van der Waals surface area contributed by atoms with Crippen LogP contribution in [0.2, 0.25) is 5.02 Å². The molecule has 2 aromatic carbocycles. The van der Waals surface area contributed by atoms with Gasteiger partial charge in [-0.15, -0.1) is 0 Å². The monoisotopic (exact) mass is 436 g/mol. The number of carbonyl (C=O) groups excluding carboxylic acids is 1. The first-order valence-electron chi connectivity index (χ1n) is 11.4. The molecule has 3 saturated heterocycles. The standard InChI is InChI=1S/C25H25ClN2O3/c26-20-12-23-22(30-14-31-23)11-19(20)21-10-17-13-27(24(29)25(17)6-3-7-28(21)25)18-8-15-4-1-2-5-16(15)9-18/h1-2,4-5,11-12,17-18,21H,3,6-10,13-14H2/t17-,21-,25-/m0/s1. The quantitative estimate of drug-likeness (QED) is 0.714. The Morgan fingerprint density at radius 2 is 1.81 bits per heavy atom. The van der Waals surface area contributed by atoms with Crippen molar-refractivity contribution in [1.82, 2.24) is 9.80 Å². The van der Waals surface area contributed by atoms with Gasteiger partial charge >= 0.3 is 0 Å². The first-order valence-corrected chi connectivity index (χ1v) is 11.8. The lowest BCUT2D eigenvalue weighted by Gasteiger charge is -2.35. The van der Waals surface area contributed by atoms with Crippen molar-refractivity contribution in [2.24, 2.45) is 5.92 Å². The molecule has 5 aliphatic rings. The summed E-state index contributed by atoms with van der Waals surface area (Å²) in [5.74, 6) is 2.19. The molecule has 0 aromatic heterocycles. The Labute approximate surface area is 186 Å². The van der Waals surface area contributed by atoms with Crippen LogP contribution in [0.15, 0.2) is 36.4 Å². The highest BCUT2D eigenvalue weighted by Crippen LogP contribution is 2.58. The van der Waals surface area contributed by atoms with Crippen LogP contribution in [-0.2, 0) is 17.6 Å². The maximum absolute atomic E-state index is 14.0. The molecule has 1 aliphatic carbocycles. The number of hydrogen-bond acceptors (Lipinski definition) is 4. The Bertz CT molecular complexity index is 1080. The predicted octanol–water partition coefficient (Wildman–Crippen LogP) is 3.97. The minimum Gasteiger partial charge on any atom is -0.454 e. The average molecular weight is 437 g/mol. The van der Waals surface area contributed by atoms with Crippen molar-refractivity contribution in [2.45, 2.75) is 49.7 Å². The van der Waals surface area contributed by atoms with E-state index in [2.05, 4.69) is 34.1 Å². The molecule has 1 amide bonds. The number of ether oxygens (including phenoxy) is 2. The second-order valence-electron chi connectivity index (χ2n) is 9.68. The Hall–Kier alpha value is -2.24. The van der Waals surface area contributed by atoms with E-state index in [1.165, 1.54) is 11.1 Å². The minimum atomic E-state index is -0.348. The summed E-state index contributed by atoms with van der Waals surface area (Å²) in [5.41, 5.74) is 3.54. The van der Waals surface area contributed by atoms with Crippen molar-refractivity contribution in [3.05, 3.63) is 58.1 Å². The third-order valence-corrected chi connectivity index (χ3v) is 8.73. The minimum absolute atomic E-state index is 0.168. The molecule has 160 valence electrons. The second kappa shape index (κ2) is 6.39. The van der Waals surface area contributed by atoms with E-state index in [4.69, 9.17) is 21.1 Å². The lowest BCUT2D eigenvalue weighted by atomic mass is 9.85. The number of fused-ring (bicyclic) bond motifs is 2. The van der Waals surface area contributed by atoms with Gasteiger partial charge in [0.05, 0.1) is 0 Å². The van der Waals surface area contributed by atoms with Crippen LogP contribution in [0.1, 0.15) is 42.0 Å². The number of halogens is 1. The van der Waals surface area contributed by atoms with Gasteiger partial charge in [0.25, 0.3) is 0 Å². The Kier molecular flexibility index (Phi) is 3.78. The molecule has 2 aromatic rings. The van der Waals surface area contributed by atoms with E-state index in [9.17, 15) is 4.79 Å². The molecular formula is C25H25ClN2O3. The number of amides is 1. The Balaban J connectivity index is 1.20. The highest BCUT2D eigenvalue weighted by atomic mass is 35.5. The van der Waals surface area contributed by atoms with Crippen LogP contribution in [0.5, 0.6) is 11.5 Å². The van der Waals surface area contributed by atoms with Gasteiger partial charge in [0.1, 0.15) is 5.54 Å². The van der Waals surface area contributed by atoms with E-state index in [-0.39, 0.29) is 18.4 Å². The van der Waals surface area contributed by atoms with E-state index < -0.39 is 0 Å². The third-order valence-electron chi connectivity index (χ3n) is 8.40. The second-order valence-corrected chi connectivity index (χ2v) is 10.1. The largest absolute Gasteiger partial charge is 0.454 e. The van der Waals surface area contributed by atoms with Gasteiger partial charge in [-0.1, -0.05) is 35.9 Å². The van der Waals surface area contributed by atoms with Gasteiger partial charge in [0.15, 0.2) is 11.5 Å². The number of benzene rings is 2. The first kappa shape index (κ1) is 18.3. The lowest BCUT2D eigenvalue weighted by Crippen LogP contribution is -2.51. The summed E-state index contributed by atoms with van der Waals surface area (Å²) in [6.07, 6.45) is 4.98. The topological polar surface area (TPSA) is 42.0 Å². The van der Waals surface area contributed by atoms with Crippen molar-refractivity contribution in [2.75, 3.05) is 19.9 Å². The van der Waals surface area contributed by atoms with Crippen molar-refractivity contribution in [3.63, 3.8) is 0 Å². The van der Waals surface area contributed by atoms with Crippen LogP contribution in [0.4, 0.5) is 0 Å². The molecule has 6 heteroatoms. The summed E-state index contributed by atoms with van der Waals surface area (Å²) in [4.78, 5) is 18.7. The molecule has 3 atom stereocenters. The van der Waals surface area contributed by atoms with E-state index in [0.717, 1.165) is 56.5 Å². The Morgan fingerprint density at radius 3 is 2.58 bits per heavy atom. The smallest absolute Gasteiger partial charge is 0.243 e. The fourth-order valence-electron chi connectivity index (χ4n) is 7.08. The molecule has 4 heterocycles. The maximum atomic E-state index is 14.0. The Morgan fingerprint density at radius 1 is 1.06 bits per heavy atom. The fraction of sp³-hybridized carbons (Fsp3) is 0.480. The van der Waals surface area contributed by atoms with Crippen LogP contribution < -0.4 is 9.47 Å². The molecule has 1 spiro atoms. The summed E-state index contributed by atoms with van der Waals surface area (Å²) in [7, 11) is 0. The first-order chi connectivity index (χ1) is 15.1. The van der Waals surface area contributed by atoms with Crippen molar-refractivity contribution in [3.8, 4) is 11.5 Å². The lowest BCUT2D eigenvalue weighted by molar-refractivity contribution is -0.138. The van der Waals surface area contributed by atoms with Crippen LogP contribution in [-0.4, -0.2) is 47.2 Å². The van der Waals surface area contributed by atoms with Gasteiger partial charge in [0, 0.05) is 35.6 Å². The van der Waals surface area contributed by atoms with E-state index in [1.807, 2.05) is 12.1 Å². The average Bonchev–Trinajstić information content (AvgIpc) is 3.55. The van der Waals surface area contributed by atoms with Crippen LogP contribution >= 0.6 is 11.6 Å². The number of hydrogen-bond donors (Lipinski definition) is 0. The third kappa shape index (κ3) is 2.39. The summed E-state index contributed by atoms with van der Waals surface area (Å²) >= 11 is 6.70. The van der Waals surface area contributed by atoms with E-state index in [1.54, 1.807) is 0 Å².